The van der Waals surface area contributed by atoms with Gasteiger partial charge in [-0.05, 0) is 44.8 Å². The number of ether oxygens (including phenoxy) is 1. The summed E-state index contributed by atoms with van der Waals surface area (Å²) in [6.07, 6.45) is 5.73. The lowest BCUT2D eigenvalue weighted by molar-refractivity contribution is -0.0171. The van der Waals surface area contributed by atoms with Crippen LogP contribution in [-0.4, -0.2) is 30.4 Å². The molecular weight excluding hydrogens is 166 g/mol. The first-order valence-corrected chi connectivity index (χ1v) is 5.08. The van der Waals surface area contributed by atoms with E-state index in [2.05, 4.69) is 11.4 Å². The zero-order valence-electron chi connectivity index (χ0n) is 7.88. The zero-order chi connectivity index (χ0) is 9.15. The van der Waals surface area contributed by atoms with Crippen LogP contribution in [0.4, 0.5) is 0 Å². The molecule has 0 spiro atoms. The van der Waals surface area contributed by atoms with Crippen molar-refractivity contribution in [3.8, 4) is 0 Å². The van der Waals surface area contributed by atoms with E-state index in [-0.39, 0.29) is 0 Å². The second-order valence-electron chi connectivity index (χ2n) is 3.84. The number of allylic oxidation sites excluding steroid dienone is 1. The standard InChI is InChI=1S/C10H17NO2/c12-10(4-6-11-7-5-10)9-3-1-2-8-13-9/h3,11-12H,1-2,4-8H2. The normalized spacial score (nSPS) is 27.6. The molecule has 1 fully saturated rings. The third kappa shape index (κ3) is 1.86. The minimum absolute atomic E-state index is 0.675. The molecule has 0 amide bonds. The summed E-state index contributed by atoms with van der Waals surface area (Å²) >= 11 is 0. The van der Waals surface area contributed by atoms with Gasteiger partial charge in [-0.2, -0.15) is 0 Å². The largest absolute Gasteiger partial charge is 0.495 e. The van der Waals surface area contributed by atoms with Crippen molar-refractivity contribution in [3.05, 3.63) is 11.8 Å². The average Bonchev–Trinajstić information content (AvgIpc) is 2.20. The van der Waals surface area contributed by atoms with Crippen molar-refractivity contribution >= 4 is 0 Å². The van der Waals surface area contributed by atoms with E-state index < -0.39 is 5.60 Å². The molecule has 2 rings (SSSR count). The minimum Gasteiger partial charge on any atom is -0.495 e. The quantitative estimate of drug-likeness (QED) is 0.631. The van der Waals surface area contributed by atoms with Crippen molar-refractivity contribution in [2.45, 2.75) is 31.3 Å². The fourth-order valence-electron chi connectivity index (χ4n) is 1.97. The summed E-state index contributed by atoms with van der Waals surface area (Å²) in [5.74, 6) is 0.820. The lowest BCUT2D eigenvalue weighted by Gasteiger charge is -2.35. The van der Waals surface area contributed by atoms with Crippen LogP contribution in [-0.2, 0) is 4.74 Å². The lowest BCUT2D eigenvalue weighted by Crippen LogP contribution is -2.44. The third-order valence-electron chi connectivity index (χ3n) is 2.83. The van der Waals surface area contributed by atoms with Gasteiger partial charge in [-0.25, -0.2) is 0 Å². The Morgan fingerprint density at radius 2 is 2.15 bits per heavy atom. The number of aliphatic hydroxyl groups is 1. The molecule has 0 bridgehead atoms. The molecular formula is C10H17NO2. The van der Waals surface area contributed by atoms with Crippen LogP contribution >= 0.6 is 0 Å². The van der Waals surface area contributed by atoms with Crippen molar-refractivity contribution in [3.63, 3.8) is 0 Å². The Morgan fingerprint density at radius 3 is 2.77 bits per heavy atom. The summed E-state index contributed by atoms with van der Waals surface area (Å²) in [7, 11) is 0. The van der Waals surface area contributed by atoms with Gasteiger partial charge >= 0.3 is 0 Å². The molecule has 13 heavy (non-hydrogen) atoms. The number of nitrogens with one attached hydrogen (secondary N) is 1. The molecule has 0 aliphatic carbocycles. The van der Waals surface area contributed by atoms with E-state index in [0.29, 0.717) is 0 Å². The van der Waals surface area contributed by atoms with Crippen LogP contribution in [0.2, 0.25) is 0 Å². The fourth-order valence-corrected chi connectivity index (χ4v) is 1.97. The second-order valence-corrected chi connectivity index (χ2v) is 3.84. The second kappa shape index (κ2) is 3.68. The van der Waals surface area contributed by atoms with Gasteiger partial charge < -0.3 is 15.2 Å². The van der Waals surface area contributed by atoms with Gasteiger partial charge in [-0.1, -0.05) is 0 Å². The Balaban J connectivity index is 2.07. The summed E-state index contributed by atoms with van der Waals surface area (Å²) in [6.45, 7) is 2.54. The lowest BCUT2D eigenvalue weighted by atomic mass is 9.89. The maximum Gasteiger partial charge on any atom is 0.124 e. The monoisotopic (exact) mass is 183 g/mol. The smallest absolute Gasteiger partial charge is 0.124 e. The van der Waals surface area contributed by atoms with Gasteiger partial charge in [0.2, 0.25) is 0 Å². The molecule has 0 aromatic heterocycles. The Morgan fingerprint density at radius 1 is 1.38 bits per heavy atom. The summed E-state index contributed by atoms with van der Waals surface area (Å²) < 4.78 is 5.50. The Kier molecular flexibility index (Phi) is 2.56. The minimum atomic E-state index is -0.675. The summed E-state index contributed by atoms with van der Waals surface area (Å²) in [5, 5.41) is 13.5. The van der Waals surface area contributed by atoms with Crippen LogP contribution in [0.25, 0.3) is 0 Å². The van der Waals surface area contributed by atoms with Crippen LogP contribution in [0.3, 0.4) is 0 Å². The topological polar surface area (TPSA) is 41.5 Å². The number of rotatable bonds is 1. The zero-order valence-corrected chi connectivity index (χ0v) is 7.88. The molecule has 0 atom stereocenters. The van der Waals surface area contributed by atoms with E-state index in [4.69, 9.17) is 4.74 Å². The van der Waals surface area contributed by atoms with Gasteiger partial charge in [0.1, 0.15) is 11.4 Å². The highest BCUT2D eigenvalue weighted by Gasteiger charge is 2.35. The van der Waals surface area contributed by atoms with E-state index in [1.54, 1.807) is 0 Å². The summed E-state index contributed by atoms with van der Waals surface area (Å²) in [5.41, 5.74) is -0.675. The fraction of sp³-hybridized carbons (Fsp3) is 0.800. The molecule has 0 saturated carbocycles. The van der Waals surface area contributed by atoms with Crippen molar-refractivity contribution in [2.75, 3.05) is 19.7 Å². The van der Waals surface area contributed by atoms with Gasteiger partial charge in [-0.3, -0.25) is 0 Å². The van der Waals surface area contributed by atoms with E-state index in [1.165, 1.54) is 0 Å². The van der Waals surface area contributed by atoms with Crippen molar-refractivity contribution < 1.29 is 9.84 Å². The molecule has 2 aliphatic rings. The highest BCUT2D eigenvalue weighted by atomic mass is 16.5. The molecule has 74 valence electrons. The van der Waals surface area contributed by atoms with Crippen molar-refractivity contribution in [1.29, 1.82) is 0 Å². The van der Waals surface area contributed by atoms with E-state index >= 15 is 0 Å². The predicted molar refractivity (Wildman–Crippen MR) is 50.3 cm³/mol. The number of piperidine rings is 1. The molecule has 3 nitrogen and oxygen atoms in total. The first-order chi connectivity index (χ1) is 6.31. The molecule has 0 aromatic rings. The van der Waals surface area contributed by atoms with Gasteiger partial charge in [-0.15, -0.1) is 0 Å². The van der Waals surface area contributed by atoms with Gasteiger partial charge in [0.25, 0.3) is 0 Å². The molecule has 2 heterocycles. The van der Waals surface area contributed by atoms with Crippen molar-refractivity contribution in [1.82, 2.24) is 5.32 Å². The van der Waals surface area contributed by atoms with Crippen LogP contribution in [0, 0.1) is 0 Å². The maximum atomic E-state index is 10.3. The molecule has 0 radical (unpaired) electrons. The van der Waals surface area contributed by atoms with E-state index in [1.807, 2.05) is 0 Å². The molecule has 2 aliphatic heterocycles. The highest BCUT2D eigenvalue weighted by molar-refractivity contribution is 5.13. The maximum absolute atomic E-state index is 10.3. The Bertz CT molecular complexity index is 207. The first kappa shape index (κ1) is 9.03. The van der Waals surface area contributed by atoms with Crippen LogP contribution < -0.4 is 5.32 Å². The van der Waals surface area contributed by atoms with E-state index in [0.717, 1.165) is 51.1 Å². The summed E-state index contributed by atoms with van der Waals surface area (Å²) in [6, 6.07) is 0. The highest BCUT2D eigenvalue weighted by Crippen LogP contribution is 2.30. The molecule has 3 heteroatoms. The number of hydrogen-bond donors (Lipinski definition) is 2. The SMILES string of the molecule is OC1(C2=CCCCO2)CCNCC1. The number of hydrogen-bond acceptors (Lipinski definition) is 3. The molecule has 1 saturated heterocycles. The molecule has 0 aromatic carbocycles. The van der Waals surface area contributed by atoms with Crippen LogP contribution in [0.1, 0.15) is 25.7 Å². The Labute approximate surface area is 78.8 Å². The molecule has 2 N–H and O–H groups in total. The third-order valence-corrected chi connectivity index (χ3v) is 2.83. The first-order valence-electron chi connectivity index (χ1n) is 5.08. The van der Waals surface area contributed by atoms with Gasteiger partial charge in [0.05, 0.1) is 6.61 Å². The average molecular weight is 183 g/mol. The van der Waals surface area contributed by atoms with Gasteiger partial charge in [0, 0.05) is 0 Å². The summed E-state index contributed by atoms with van der Waals surface area (Å²) in [4.78, 5) is 0. The van der Waals surface area contributed by atoms with E-state index in [9.17, 15) is 5.11 Å². The van der Waals surface area contributed by atoms with Crippen LogP contribution in [0.5, 0.6) is 0 Å². The van der Waals surface area contributed by atoms with Crippen LogP contribution in [0.15, 0.2) is 11.8 Å². The van der Waals surface area contributed by atoms with Crippen molar-refractivity contribution in [2.24, 2.45) is 0 Å². The van der Waals surface area contributed by atoms with Gasteiger partial charge in [0.15, 0.2) is 0 Å². The predicted octanol–water partition coefficient (Wildman–Crippen LogP) is 0.795. The Hall–Kier alpha value is -0.540. The molecule has 0 unspecified atom stereocenters.